The molecule has 0 saturated heterocycles. The molecule has 0 aliphatic carbocycles. The Hall–Kier alpha value is -4.59. The van der Waals surface area contributed by atoms with E-state index in [1.165, 1.54) is 0 Å². The van der Waals surface area contributed by atoms with E-state index in [0.29, 0.717) is 28.7 Å². The highest BCUT2D eigenvalue weighted by molar-refractivity contribution is 5.99. The molecule has 36 heavy (non-hydrogen) atoms. The molecule has 4 rings (SSSR count). The fourth-order valence-electron chi connectivity index (χ4n) is 3.57. The first kappa shape index (κ1) is 24.5. The molecule has 8 nitrogen and oxygen atoms in total. The first-order valence-electron chi connectivity index (χ1n) is 11.6. The van der Waals surface area contributed by atoms with Gasteiger partial charge in [0, 0.05) is 23.2 Å². The Labute approximate surface area is 210 Å². The smallest absolute Gasteiger partial charge is 0.324 e. The number of carbonyl (C=O) groups is 2. The second-order valence-corrected chi connectivity index (χ2v) is 9.41. The molecule has 3 amide bonds. The first-order valence-corrected chi connectivity index (χ1v) is 11.6. The molecule has 4 N–H and O–H groups in total. The number of nitrogens with zero attached hydrogens (tertiary/aromatic N) is 2. The van der Waals surface area contributed by atoms with Gasteiger partial charge >= 0.3 is 6.03 Å². The van der Waals surface area contributed by atoms with E-state index < -0.39 is 11.9 Å². The average Bonchev–Trinajstić information content (AvgIpc) is 3.24. The molecule has 1 aromatic heterocycles. The van der Waals surface area contributed by atoms with Crippen molar-refractivity contribution in [2.75, 3.05) is 10.6 Å². The van der Waals surface area contributed by atoms with Crippen molar-refractivity contribution in [2.24, 2.45) is 5.73 Å². The van der Waals surface area contributed by atoms with Gasteiger partial charge in [-0.3, -0.25) is 10.1 Å². The monoisotopic (exact) mass is 483 g/mol. The summed E-state index contributed by atoms with van der Waals surface area (Å²) in [4.78, 5) is 24.3. The summed E-state index contributed by atoms with van der Waals surface area (Å²) in [6, 6.07) is 25.3. The molecule has 0 unspecified atom stereocenters. The predicted octanol–water partition coefficient (Wildman–Crippen LogP) is 5.63. The Kier molecular flexibility index (Phi) is 7.05. The van der Waals surface area contributed by atoms with E-state index in [-0.39, 0.29) is 11.8 Å². The Morgan fingerprint density at radius 3 is 2.33 bits per heavy atom. The maximum Gasteiger partial charge on any atom is 0.324 e. The molecule has 0 aliphatic heterocycles. The molecule has 3 aromatic carbocycles. The summed E-state index contributed by atoms with van der Waals surface area (Å²) >= 11 is 0. The number of ether oxygens (including phenoxy) is 1. The van der Waals surface area contributed by atoms with E-state index in [1.54, 1.807) is 22.9 Å². The molecule has 0 bridgehead atoms. The van der Waals surface area contributed by atoms with E-state index in [1.807, 2.05) is 87.5 Å². The highest BCUT2D eigenvalue weighted by Gasteiger charge is 2.22. The number of anilines is 2. The summed E-state index contributed by atoms with van der Waals surface area (Å²) in [5, 5.41) is 10.5. The van der Waals surface area contributed by atoms with Gasteiger partial charge in [-0.15, -0.1) is 0 Å². The van der Waals surface area contributed by atoms with Gasteiger partial charge in [0.05, 0.1) is 17.8 Å². The van der Waals surface area contributed by atoms with Crippen molar-refractivity contribution in [3.63, 3.8) is 0 Å². The molecule has 0 fully saturated rings. The zero-order valence-electron chi connectivity index (χ0n) is 20.5. The standard InChI is InChI=1S/C28H29N5O3/c1-28(2,3)24-18-26(33(32-24)21-11-7-9-19(15-21)16-25(29)34)31-27(35)30-20-10-8-14-23(17-20)36-22-12-5-4-6-13-22/h4-15,17-18H,16H2,1-3H3,(H2,29,34)(H2,30,31,35). The van der Waals surface area contributed by atoms with Crippen molar-refractivity contribution in [1.29, 1.82) is 0 Å². The van der Waals surface area contributed by atoms with Gasteiger partial charge in [0.15, 0.2) is 0 Å². The summed E-state index contributed by atoms with van der Waals surface area (Å²) in [6.45, 7) is 6.14. The van der Waals surface area contributed by atoms with E-state index >= 15 is 0 Å². The number of benzene rings is 3. The summed E-state index contributed by atoms with van der Waals surface area (Å²) < 4.78 is 7.51. The maximum atomic E-state index is 12.9. The number of urea groups is 1. The minimum absolute atomic E-state index is 0.117. The van der Waals surface area contributed by atoms with Gasteiger partial charge in [-0.2, -0.15) is 5.10 Å². The molecule has 0 aliphatic rings. The lowest BCUT2D eigenvalue weighted by atomic mass is 9.92. The molecule has 4 aromatic rings. The minimum atomic E-state index is -0.429. The predicted molar refractivity (Wildman–Crippen MR) is 141 cm³/mol. The summed E-state index contributed by atoms with van der Waals surface area (Å²) in [6.07, 6.45) is 0.117. The van der Waals surface area contributed by atoms with Gasteiger partial charge in [0.25, 0.3) is 0 Å². The topological polar surface area (TPSA) is 111 Å². The number of primary amides is 1. The largest absolute Gasteiger partial charge is 0.457 e. The highest BCUT2D eigenvalue weighted by atomic mass is 16.5. The zero-order valence-corrected chi connectivity index (χ0v) is 20.5. The van der Waals surface area contributed by atoms with Gasteiger partial charge in [0.1, 0.15) is 17.3 Å². The molecular formula is C28H29N5O3. The van der Waals surface area contributed by atoms with E-state index in [9.17, 15) is 9.59 Å². The number of nitrogens with two attached hydrogens (primary N) is 1. The Morgan fingerprint density at radius 2 is 1.61 bits per heavy atom. The third-order valence-corrected chi connectivity index (χ3v) is 5.32. The molecule has 1 heterocycles. The third kappa shape index (κ3) is 6.29. The second-order valence-electron chi connectivity index (χ2n) is 9.41. The van der Waals surface area contributed by atoms with Crippen LogP contribution >= 0.6 is 0 Å². The van der Waals surface area contributed by atoms with Crippen LogP contribution in [0, 0.1) is 0 Å². The summed E-state index contributed by atoms with van der Waals surface area (Å²) in [5.41, 5.74) is 7.96. The van der Waals surface area contributed by atoms with Gasteiger partial charge in [-0.1, -0.05) is 57.2 Å². The summed E-state index contributed by atoms with van der Waals surface area (Å²) in [5.74, 6) is 1.38. The van der Waals surface area contributed by atoms with Crippen molar-refractivity contribution in [3.8, 4) is 17.2 Å². The Balaban J connectivity index is 1.55. The van der Waals surface area contributed by atoms with Crippen molar-refractivity contribution in [1.82, 2.24) is 9.78 Å². The van der Waals surface area contributed by atoms with Crippen LogP contribution in [0.3, 0.4) is 0 Å². The minimum Gasteiger partial charge on any atom is -0.457 e. The lowest BCUT2D eigenvalue weighted by molar-refractivity contribution is -0.117. The first-order chi connectivity index (χ1) is 17.2. The highest BCUT2D eigenvalue weighted by Crippen LogP contribution is 2.27. The van der Waals surface area contributed by atoms with Crippen LogP contribution in [-0.2, 0) is 16.6 Å². The van der Waals surface area contributed by atoms with E-state index in [0.717, 1.165) is 11.3 Å². The number of rotatable bonds is 7. The lowest BCUT2D eigenvalue weighted by Crippen LogP contribution is -2.21. The van der Waals surface area contributed by atoms with Crippen molar-refractivity contribution in [2.45, 2.75) is 32.6 Å². The summed E-state index contributed by atoms with van der Waals surface area (Å²) in [7, 11) is 0. The number of carbonyl (C=O) groups excluding carboxylic acids is 2. The van der Waals surface area contributed by atoms with Crippen LogP contribution in [0.2, 0.25) is 0 Å². The van der Waals surface area contributed by atoms with Gasteiger partial charge in [0.2, 0.25) is 5.91 Å². The SMILES string of the molecule is CC(C)(C)c1cc(NC(=O)Nc2cccc(Oc3ccccc3)c2)n(-c2cccc(CC(N)=O)c2)n1. The fourth-order valence-corrected chi connectivity index (χ4v) is 3.57. The average molecular weight is 484 g/mol. The number of hydrogen-bond acceptors (Lipinski definition) is 4. The Morgan fingerprint density at radius 1 is 0.889 bits per heavy atom. The fraction of sp³-hybridized carbons (Fsp3) is 0.179. The van der Waals surface area contributed by atoms with Crippen LogP contribution in [-0.4, -0.2) is 21.7 Å². The number of para-hydroxylation sites is 1. The van der Waals surface area contributed by atoms with Crippen LogP contribution in [0.1, 0.15) is 32.0 Å². The number of aromatic nitrogens is 2. The van der Waals surface area contributed by atoms with Crippen LogP contribution in [0.4, 0.5) is 16.3 Å². The van der Waals surface area contributed by atoms with E-state index in [2.05, 4.69) is 10.6 Å². The third-order valence-electron chi connectivity index (χ3n) is 5.32. The van der Waals surface area contributed by atoms with Crippen LogP contribution in [0.25, 0.3) is 5.69 Å². The lowest BCUT2D eigenvalue weighted by Gasteiger charge is -2.14. The second kappa shape index (κ2) is 10.4. The number of nitrogens with one attached hydrogen (secondary N) is 2. The van der Waals surface area contributed by atoms with Crippen molar-refractivity contribution >= 4 is 23.4 Å². The zero-order chi connectivity index (χ0) is 25.7. The number of hydrogen-bond donors (Lipinski definition) is 3. The molecular weight excluding hydrogens is 454 g/mol. The van der Waals surface area contributed by atoms with Crippen molar-refractivity contribution < 1.29 is 14.3 Å². The molecule has 0 spiro atoms. The van der Waals surface area contributed by atoms with Gasteiger partial charge in [-0.05, 0) is 42.0 Å². The molecule has 0 radical (unpaired) electrons. The van der Waals surface area contributed by atoms with Crippen LogP contribution < -0.4 is 21.1 Å². The number of amides is 3. The van der Waals surface area contributed by atoms with Crippen LogP contribution in [0.15, 0.2) is 84.9 Å². The van der Waals surface area contributed by atoms with Crippen molar-refractivity contribution in [3.05, 3.63) is 96.2 Å². The molecule has 184 valence electrons. The van der Waals surface area contributed by atoms with Crippen LogP contribution in [0.5, 0.6) is 11.5 Å². The molecule has 8 heteroatoms. The normalized spacial score (nSPS) is 11.1. The quantitative estimate of drug-likeness (QED) is 0.316. The molecule has 0 saturated carbocycles. The maximum absolute atomic E-state index is 12.9. The van der Waals surface area contributed by atoms with Gasteiger partial charge < -0.3 is 15.8 Å². The van der Waals surface area contributed by atoms with E-state index in [4.69, 9.17) is 15.6 Å². The van der Waals surface area contributed by atoms with Gasteiger partial charge in [-0.25, -0.2) is 9.48 Å². The molecule has 0 atom stereocenters. The Bertz CT molecular complexity index is 1370.